The fourth-order valence-corrected chi connectivity index (χ4v) is 6.03. The molecular formula is C36H50O6Si. The lowest BCUT2D eigenvalue weighted by Crippen LogP contribution is -2.43. The predicted octanol–water partition coefficient (Wildman–Crippen LogP) is 8.92. The summed E-state index contributed by atoms with van der Waals surface area (Å²) in [6.45, 7) is 20.0. The molecule has 3 aromatic rings. The first-order valence-electron chi connectivity index (χ1n) is 14.9. The molecule has 3 rings (SSSR count). The zero-order valence-corrected chi connectivity index (χ0v) is 28.3. The molecule has 0 heterocycles. The second-order valence-electron chi connectivity index (χ2n) is 12.7. The molecule has 0 aliphatic carbocycles. The van der Waals surface area contributed by atoms with Crippen LogP contribution in [0, 0.1) is 11.8 Å². The third-order valence-corrected chi connectivity index (χ3v) is 13.1. The molecule has 0 unspecified atom stereocenters. The number of aliphatic hydroxyl groups is 1. The Morgan fingerprint density at radius 1 is 0.791 bits per heavy atom. The van der Waals surface area contributed by atoms with Crippen LogP contribution >= 0.6 is 0 Å². The highest BCUT2D eigenvalue weighted by Crippen LogP contribution is 2.46. The van der Waals surface area contributed by atoms with Crippen molar-refractivity contribution in [1.82, 2.24) is 0 Å². The standard InChI is InChI=1S/C36H50O6Si/c1-11-21-40-30-20-18-29(23-33(30)39-8)35(42-43(9,10)36(4,5)6)26(3)25(2)34(37)28-17-19-31(32(22-28)38-7)41-24-27-15-13-12-14-16-27/h11-20,22-23,25-26,34-35,37H,1,21,24H2,2-10H3/t25-,26-,34+,35-/m1/s1. The Morgan fingerprint density at radius 3 is 1.91 bits per heavy atom. The van der Waals surface area contributed by atoms with E-state index >= 15 is 0 Å². The molecule has 0 aliphatic rings. The molecule has 0 bridgehead atoms. The van der Waals surface area contributed by atoms with Crippen LogP contribution in [0.1, 0.15) is 63.5 Å². The van der Waals surface area contributed by atoms with Crippen LogP contribution < -0.4 is 18.9 Å². The summed E-state index contributed by atoms with van der Waals surface area (Å²) in [5.74, 6) is 2.31. The first kappa shape index (κ1) is 34.2. The first-order chi connectivity index (χ1) is 20.3. The van der Waals surface area contributed by atoms with Crippen molar-refractivity contribution >= 4 is 8.32 Å². The van der Waals surface area contributed by atoms with Crippen molar-refractivity contribution in [2.45, 2.75) is 71.6 Å². The second kappa shape index (κ2) is 15.0. The number of rotatable bonds is 15. The average molecular weight is 607 g/mol. The first-order valence-corrected chi connectivity index (χ1v) is 17.9. The third-order valence-electron chi connectivity index (χ3n) is 8.67. The van der Waals surface area contributed by atoms with E-state index in [0.29, 0.717) is 36.2 Å². The number of ether oxygens (including phenoxy) is 4. The lowest BCUT2D eigenvalue weighted by atomic mass is 9.81. The minimum atomic E-state index is -2.20. The van der Waals surface area contributed by atoms with E-state index < -0.39 is 14.4 Å². The van der Waals surface area contributed by atoms with Gasteiger partial charge in [-0.2, -0.15) is 0 Å². The summed E-state index contributed by atoms with van der Waals surface area (Å²) in [5.41, 5.74) is 2.82. The number of hydrogen-bond donors (Lipinski definition) is 1. The minimum absolute atomic E-state index is 0.00682. The van der Waals surface area contributed by atoms with E-state index in [1.54, 1.807) is 20.3 Å². The maximum Gasteiger partial charge on any atom is 0.192 e. The Bertz CT molecular complexity index is 1320. The summed E-state index contributed by atoms with van der Waals surface area (Å²) in [4.78, 5) is 0. The van der Waals surface area contributed by atoms with Crippen molar-refractivity contribution in [3.8, 4) is 23.0 Å². The Hall–Kier alpha value is -3.26. The van der Waals surface area contributed by atoms with Crippen LogP contribution in [0.2, 0.25) is 18.1 Å². The average Bonchev–Trinajstić information content (AvgIpc) is 3.00. The SMILES string of the molecule is C=CCOc1ccc([C@H](O[Si](C)(C)C(C)(C)C)[C@H](C)[C@@H](C)[C@H](O)c2ccc(OCc3ccccc3)c(OC)c2)cc1OC. The predicted molar refractivity (Wildman–Crippen MR) is 177 cm³/mol. The fourth-order valence-electron chi connectivity index (χ4n) is 4.69. The van der Waals surface area contributed by atoms with Crippen LogP contribution in [0.5, 0.6) is 23.0 Å². The third kappa shape index (κ3) is 8.65. The van der Waals surface area contributed by atoms with E-state index in [0.717, 1.165) is 16.7 Å². The van der Waals surface area contributed by atoms with Gasteiger partial charge in [0.2, 0.25) is 0 Å². The monoisotopic (exact) mass is 606 g/mol. The van der Waals surface area contributed by atoms with Gasteiger partial charge in [-0.1, -0.05) is 89.7 Å². The topological polar surface area (TPSA) is 66.4 Å². The minimum Gasteiger partial charge on any atom is -0.493 e. The van der Waals surface area contributed by atoms with Gasteiger partial charge in [0, 0.05) is 0 Å². The van der Waals surface area contributed by atoms with Crippen LogP contribution in [0.4, 0.5) is 0 Å². The summed E-state index contributed by atoms with van der Waals surface area (Å²) in [6.07, 6.45) is 0.677. The molecule has 4 atom stereocenters. The van der Waals surface area contributed by atoms with Gasteiger partial charge in [-0.3, -0.25) is 0 Å². The van der Waals surface area contributed by atoms with E-state index in [2.05, 4.69) is 54.3 Å². The molecular weight excluding hydrogens is 556 g/mol. The van der Waals surface area contributed by atoms with E-state index in [1.165, 1.54) is 0 Å². The van der Waals surface area contributed by atoms with Crippen LogP contribution in [0.15, 0.2) is 79.4 Å². The molecule has 234 valence electrons. The molecule has 0 aliphatic heterocycles. The van der Waals surface area contributed by atoms with Crippen molar-refractivity contribution in [3.63, 3.8) is 0 Å². The zero-order valence-electron chi connectivity index (χ0n) is 27.3. The summed E-state index contributed by atoms with van der Waals surface area (Å²) >= 11 is 0. The van der Waals surface area contributed by atoms with E-state index in [1.807, 2.05) is 66.7 Å². The molecule has 0 spiro atoms. The highest BCUT2D eigenvalue weighted by atomic mass is 28.4. The summed E-state index contributed by atoms with van der Waals surface area (Å²) in [5, 5.41) is 11.7. The highest BCUT2D eigenvalue weighted by Gasteiger charge is 2.42. The van der Waals surface area contributed by atoms with Gasteiger partial charge >= 0.3 is 0 Å². The van der Waals surface area contributed by atoms with Crippen molar-refractivity contribution in [2.75, 3.05) is 20.8 Å². The number of hydrogen-bond acceptors (Lipinski definition) is 6. The van der Waals surface area contributed by atoms with Crippen molar-refractivity contribution in [2.24, 2.45) is 11.8 Å². The maximum atomic E-state index is 11.7. The zero-order chi connectivity index (χ0) is 31.8. The molecule has 0 saturated carbocycles. The largest absolute Gasteiger partial charge is 0.493 e. The van der Waals surface area contributed by atoms with Gasteiger partial charge in [-0.25, -0.2) is 0 Å². The fraction of sp³-hybridized carbons (Fsp3) is 0.444. The van der Waals surface area contributed by atoms with Gasteiger partial charge < -0.3 is 28.5 Å². The normalized spacial score (nSPS) is 14.7. The van der Waals surface area contributed by atoms with Crippen molar-refractivity contribution in [3.05, 3.63) is 96.1 Å². The Labute approximate surface area is 259 Å². The highest BCUT2D eigenvalue weighted by molar-refractivity contribution is 6.74. The molecule has 43 heavy (non-hydrogen) atoms. The Kier molecular flexibility index (Phi) is 11.9. The summed E-state index contributed by atoms with van der Waals surface area (Å²) < 4.78 is 30.3. The quantitative estimate of drug-likeness (QED) is 0.138. The Morgan fingerprint density at radius 2 is 1.35 bits per heavy atom. The van der Waals surface area contributed by atoms with Crippen molar-refractivity contribution < 1.29 is 28.5 Å². The number of aliphatic hydroxyl groups excluding tert-OH is 1. The van der Waals surface area contributed by atoms with Gasteiger partial charge in [0.15, 0.2) is 31.3 Å². The van der Waals surface area contributed by atoms with E-state index in [4.69, 9.17) is 23.4 Å². The molecule has 7 heteroatoms. The molecule has 6 nitrogen and oxygen atoms in total. The lowest BCUT2D eigenvalue weighted by molar-refractivity contribution is 0.0264. The van der Waals surface area contributed by atoms with Gasteiger partial charge in [0.25, 0.3) is 0 Å². The number of methoxy groups -OCH3 is 2. The molecule has 0 radical (unpaired) electrons. The second-order valence-corrected chi connectivity index (χ2v) is 17.4. The van der Waals surface area contributed by atoms with Crippen LogP contribution in [0.25, 0.3) is 0 Å². The van der Waals surface area contributed by atoms with Gasteiger partial charge in [0.05, 0.1) is 26.4 Å². The number of benzene rings is 3. The van der Waals surface area contributed by atoms with Gasteiger partial charge in [-0.05, 0) is 70.9 Å². The molecule has 0 saturated heterocycles. The summed E-state index contributed by atoms with van der Waals surface area (Å²) in [6, 6.07) is 21.6. The summed E-state index contributed by atoms with van der Waals surface area (Å²) in [7, 11) is 1.06. The lowest BCUT2D eigenvalue weighted by Gasteiger charge is -2.43. The molecule has 0 aromatic heterocycles. The van der Waals surface area contributed by atoms with Gasteiger partial charge in [-0.15, -0.1) is 0 Å². The Balaban J connectivity index is 1.91. The van der Waals surface area contributed by atoms with E-state index in [9.17, 15) is 5.11 Å². The molecule has 1 N–H and O–H groups in total. The smallest absolute Gasteiger partial charge is 0.192 e. The molecule has 0 amide bonds. The van der Waals surface area contributed by atoms with Crippen LogP contribution in [0.3, 0.4) is 0 Å². The van der Waals surface area contributed by atoms with E-state index in [-0.39, 0.29) is 23.0 Å². The van der Waals surface area contributed by atoms with Crippen molar-refractivity contribution in [1.29, 1.82) is 0 Å². The molecule has 3 aromatic carbocycles. The maximum absolute atomic E-state index is 11.7. The van der Waals surface area contributed by atoms with Crippen LogP contribution in [-0.2, 0) is 11.0 Å². The van der Waals surface area contributed by atoms with Gasteiger partial charge in [0.1, 0.15) is 13.2 Å². The molecule has 0 fully saturated rings. The van der Waals surface area contributed by atoms with Crippen LogP contribution in [-0.4, -0.2) is 34.3 Å².